The van der Waals surface area contributed by atoms with Crippen molar-refractivity contribution in [3.05, 3.63) is 33.4 Å². The van der Waals surface area contributed by atoms with Gasteiger partial charge < -0.3 is 10.5 Å². The molecule has 0 saturated heterocycles. The number of hydrogen-bond donors (Lipinski definition) is 1. The van der Waals surface area contributed by atoms with Crippen LogP contribution in [0.4, 0.5) is 0 Å². The van der Waals surface area contributed by atoms with Gasteiger partial charge in [-0.15, -0.1) is 12.4 Å². The molecule has 0 aliphatic carbocycles. The van der Waals surface area contributed by atoms with Crippen molar-refractivity contribution < 1.29 is 9.53 Å². The third-order valence-electron chi connectivity index (χ3n) is 1.96. The largest absolute Gasteiger partial charge is 0.465 e. The zero-order valence-electron chi connectivity index (χ0n) is 8.98. The molecule has 16 heavy (non-hydrogen) atoms. The highest BCUT2D eigenvalue weighted by molar-refractivity contribution is 14.1. The van der Waals surface area contributed by atoms with E-state index in [2.05, 4.69) is 22.6 Å². The lowest BCUT2D eigenvalue weighted by Crippen LogP contribution is -2.34. The van der Waals surface area contributed by atoms with E-state index in [1.165, 1.54) is 3.57 Å². The number of halogens is 2. The van der Waals surface area contributed by atoms with Crippen molar-refractivity contribution in [2.45, 2.75) is 19.4 Å². The zero-order chi connectivity index (χ0) is 11.3. The first kappa shape index (κ1) is 15.7. The Morgan fingerprint density at radius 1 is 1.44 bits per heavy atom. The maximum atomic E-state index is 11.3. The highest BCUT2D eigenvalue weighted by Crippen LogP contribution is 2.08. The molecule has 0 saturated carbocycles. The molecule has 0 amide bonds. The first-order valence-electron chi connectivity index (χ1n) is 4.80. The average molecular weight is 356 g/mol. The van der Waals surface area contributed by atoms with Gasteiger partial charge in [-0.2, -0.15) is 0 Å². The van der Waals surface area contributed by atoms with Crippen molar-refractivity contribution in [2.75, 3.05) is 6.61 Å². The first-order chi connectivity index (χ1) is 7.13. The quantitative estimate of drug-likeness (QED) is 0.665. The van der Waals surface area contributed by atoms with Gasteiger partial charge in [-0.1, -0.05) is 12.1 Å². The Hall–Kier alpha value is -0.330. The summed E-state index contributed by atoms with van der Waals surface area (Å²) in [6.45, 7) is 2.15. The molecule has 0 heterocycles. The van der Waals surface area contributed by atoms with E-state index in [9.17, 15) is 4.79 Å². The summed E-state index contributed by atoms with van der Waals surface area (Å²) in [5.41, 5.74) is 6.75. The van der Waals surface area contributed by atoms with E-state index in [1.807, 2.05) is 24.3 Å². The number of rotatable bonds is 4. The van der Waals surface area contributed by atoms with Crippen LogP contribution >= 0.6 is 35.0 Å². The van der Waals surface area contributed by atoms with E-state index in [1.54, 1.807) is 6.92 Å². The van der Waals surface area contributed by atoms with Crippen LogP contribution in [0, 0.1) is 3.57 Å². The Morgan fingerprint density at radius 2 is 2.00 bits per heavy atom. The molecule has 0 spiro atoms. The molecular formula is C11H15ClINO2. The molecule has 1 aromatic rings. The van der Waals surface area contributed by atoms with Crippen molar-refractivity contribution in [3.63, 3.8) is 0 Å². The summed E-state index contributed by atoms with van der Waals surface area (Å²) in [6.07, 6.45) is 0.524. The number of carbonyl (C=O) groups is 1. The fourth-order valence-electron chi connectivity index (χ4n) is 1.21. The summed E-state index contributed by atoms with van der Waals surface area (Å²) < 4.78 is 6.00. The van der Waals surface area contributed by atoms with Crippen LogP contribution in [-0.2, 0) is 16.0 Å². The second-order valence-corrected chi connectivity index (χ2v) is 4.43. The van der Waals surface area contributed by atoms with Crippen LogP contribution < -0.4 is 5.73 Å². The molecule has 0 bridgehead atoms. The van der Waals surface area contributed by atoms with Crippen molar-refractivity contribution in [3.8, 4) is 0 Å². The molecule has 1 rings (SSSR count). The molecule has 3 nitrogen and oxygen atoms in total. The summed E-state index contributed by atoms with van der Waals surface area (Å²) in [7, 11) is 0. The minimum absolute atomic E-state index is 0. The van der Waals surface area contributed by atoms with Crippen LogP contribution in [0.2, 0.25) is 0 Å². The third-order valence-corrected chi connectivity index (χ3v) is 2.68. The Morgan fingerprint density at radius 3 is 2.50 bits per heavy atom. The number of hydrogen-bond acceptors (Lipinski definition) is 3. The van der Waals surface area contributed by atoms with Gasteiger partial charge in [-0.25, -0.2) is 0 Å². The summed E-state index contributed by atoms with van der Waals surface area (Å²) in [5, 5.41) is 0. The Labute approximate surface area is 115 Å². The molecular weight excluding hydrogens is 340 g/mol. The standard InChI is InChI=1S/C11H14INO2.ClH/c1-2-15-11(14)10(13)7-8-3-5-9(12)6-4-8;/h3-6,10H,2,7,13H2,1H3;1H. The van der Waals surface area contributed by atoms with Gasteiger partial charge >= 0.3 is 5.97 Å². The number of esters is 1. The van der Waals surface area contributed by atoms with E-state index < -0.39 is 6.04 Å². The lowest BCUT2D eigenvalue weighted by Gasteiger charge is -2.10. The van der Waals surface area contributed by atoms with Crippen LogP contribution in [0.1, 0.15) is 12.5 Å². The normalized spacial score (nSPS) is 11.4. The van der Waals surface area contributed by atoms with Crippen LogP contribution in [0.15, 0.2) is 24.3 Å². The van der Waals surface area contributed by atoms with Crippen LogP contribution in [0.25, 0.3) is 0 Å². The van der Waals surface area contributed by atoms with Crippen LogP contribution in [0.5, 0.6) is 0 Å². The first-order valence-corrected chi connectivity index (χ1v) is 5.88. The minimum Gasteiger partial charge on any atom is -0.465 e. The third kappa shape index (κ3) is 5.14. The van der Waals surface area contributed by atoms with Crippen molar-refractivity contribution in [1.29, 1.82) is 0 Å². The molecule has 1 unspecified atom stereocenters. The second kappa shape index (κ2) is 7.86. The van der Waals surface area contributed by atoms with Gasteiger partial charge in [0.1, 0.15) is 6.04 Å². The van der Waals surface area contributed by atoms with E-state index in [4.69, 9.17) is 10.5 Å². The van der Waals surface area contributed by atoms with Crippen molar-refractivity contribution in [1.82, 2.24) is 0 Å². The summed E-state index contributed by atoms with van der Waals surface area (Å²) in [4.78, 5) is 11.3. The average Bonchev–Trinajstić information content (AvgIpc) is 2.22. The number of nitrogens with two attached hydrogens (primary N) is 1. The smallest absolute Gasteiger partial charge is 0.323 e. The van der Waals surface area contributed by atoms with Gasteiger partial charge in [0, 0.05) is 3.57 Å². The van der Waals surface area contributed by atoms with E-state index >= 15 is 0 Å². The maximum absolute atomic E-state index is 11.3. The van der Waals surface area contributed by atoms with Gasteiger partial charge in [0.05, 0.1) is 6.61 Å². The highest BCUT2D eigenvalue weighted by Gasteiger charge is 2.14. The van der Waals surface area contributed by atoms with Crippen molar-refractivity contribution in [2.24, 2.45) is 5.73 Å². The molecule has 0 aliphatic heterocycles. The van der Waals surface area contributed by atoms with Gasteiger partial charge in [0.25, 0.3) is 0 Å². The molecule has 2 N–H and O–H groups in total. The number of ether oxygens (including phenoxy) is 1. The van der Waals surface area contributed by atoms with Gasteiger partial charge in [-0.3, -0.25) is 4.79 Å². The molecule has 0 radical (unpaired) electrons. The predicted molar refractivity (Wildman–Crippen MR) is 74.7 cm³/mol. The Bertz CT molecular complexity index is 329. The van der Waals surface area contributed by atoms with E-state index in [-0.39, 0.29) is 18.4 Å². The predicted octanol–water partition coefficient (Wildman–Crippen LogP) is 2.15. The monoisotopic (exact) mass is 355 g/mol. The zero-order valence-corrected chi connectivity index (χ0v) is 12.0. The van der Waals surface area contributed by atoms with Gasteiger partial charge in [0.15, 0.2) is 0 Å². The van der Waals surface area contributed by atoms with Crippen LogP contribution in [-0.4, -0.2) is 18.6 Å². The molecule has 5 heteroatoms. The molecule has 0 aromatic heterocycles. The summed E-state index contributed by atoms with van der Waals surface area (Å²) in [5.74, 6) is -0.337. The van der Waals surface area contributed by atoms with E-state index in [0.717, 1.165) is 5.56 Å². The number of benzene rings is 1. The number of carbonyl (C=O) groups excluding carboxylic acids is 1. The summed E-state index contributed by atoms with van der Waals surface area (Å²) in [6, 6.07) is 7.37. The van der Waals surface area contributed by atoms with E-state index in [0.29, 0.717) is 13.0 Å². The molecule has 0 fully saturated rings. The Kier molecular flexibility index (Phi) is 7.70. The lowest BCUT2D eigenvalue weighted by molar-refractivity contribution is -0.144. The topological polar surface area (TPSA) is 52.3 Å². The van der Waals surface area contributed by atoms with Gasteiger partial charge in [-0.05, 0) is 53.6 Å². The molecule has 1 atom stereocenters. The second-order valence-electron chi connectivity index (χ2n) is 3.19. The highest BCUT2D eigenvalue weighted by atomic mass is 127. The van der Waals surface area contributed by atoms with Crippen molar-refractivity contribution >= 4 is 41.0 Å². The Balaban J connectivity index is 0.00000225. The molecule has 1 aromatic carbocycles. The fraction of sp³-hybridized carbons (Fsp3) is 0.364. The molecule has 90 valence electrons. The fourth-order valence-corrected chi connectivity index (χ4v) is 1.57. The SMILES string of the molecule is CCOC(=O)C(N)Cc1ccc(I)cc1.Cl. The lowest BCUT2D eigenvalue weighted by atomic mass is 10.1. The summed E-state index contributed by atoms with van der Waals surface area (Å²) >= 11 is 2.23. The van der Waals surface area contributed by atoms with Crippen LogP contribution in [0.3, 0.4) is 0 Å². The molecule has 0 aliphatic rings. The van der Waals surface area contributed by atoms with Gasteiger partial charge in [0.2, 0.25) is 0 Å². The minimum atomic E-state index is -0.565. The maximum Gasteiger partial charge on any atom is 0.323 e.